The molecular formula is C14H16N2O. The average Bonchev–Trinajstić information content (AvgIpc) is 2.32. The highest BCUT2D eigenvalue weighted by Gasteiger charge is 2.14. The van der Waals surface area contributed by atoms with E-state index in [1.165, 1.54) is 0 Å². The number of hydrogen-bond donors (Lipinski definition) is 2. The number of nitrogens with two attached hydrogens (primary N) is 1. The summed E-state index contributed by atoms with van der Waals surface area (Å²) in [6.07, 6.45) is 0.976. The standard InChI is InChI=1S/C14H16N2O/c1-9-3-5-11(6-4-9)13(17)12-7-10(2)8-16-14(12)15/h3-8,13,17H,1-2H3,(H2,15,16). The number of rotatable bonds is 2. The molecule has 3 heteroatoms. The van der Waals surface area contributed by atoms with Crippen molar-refractivity contribution in [2.45, 2.75) is 20.0 Å². The summed E-state index contributed by atoms with van der Waals surface area (Å²) in [7, 11) is 0. The summed E-state index contributed by atoms with van der Waals surface area (Å²) >= 11 is 0. The normalized spacial score (nSPS) is 12.4. The van der Waals surface area contributed by atoms with Gasteiger partial charge in [-0.1, -0.05) is 29.8 Å². The zero-order chi connectivity index (χ0) is 12.4. The Kier molecular flexibility index (Phi) is 3.11. The van der Waals surface area contributed by atoms with Crippen molar-refractivity contribution in [1.82, 2.24) is 4.98 Å². The molecule has 1 atom stereocenters. The van der Waals surface area contributed by atoms with Gasteiger partial charge in [0.25, 0.3) is 0 Å². The van der Waals surface area contributed by atoms with Crippen LogP contribution in [0.5, 0.6) is 0 Å². The molecule has 2 rings (SSSR count). The van der Waals surface area contributed by atoms with E-state index in [9.17, 15) is 5.11 Å². The molecule has 0 bridgehead atoms. The van der Waals surface area contributed by atoms with Gasteiger partial charge in [0.2, 0.25) is 0 Å². The number of aryl methyl sites for hydroxylation is 2. The molecule has 1 unspecified atom stereocenters. The van der Waals surface area contributed by atoms with Crippen molar-refractivity contribution < 1.29 is 5.11 Å². The maximum absolute atomic E-state index is 10.3. The van der Waals surface area contributed by atoms with Gasteiger partial charge in [-0.15, -0.1) is 0 Å². The molecule has 0 amide bonds. The summed E-state index contributed by atoms with van der Waals surface area (Å²) in [6, 6.07) is 9.62. The number of aliphatic hydroxyl groups is 1. The first-order valence-electron chi connectivity index (χ1n) is 5.54. The first-order chi connectivity index (χ1) is 8.08. The third kappa shape index (κ3) is 2.45. The molecule has 0 fully saturated rings. The largest absolute Gasteiger partial charge is 0.384 e. The smallest absolute Gasteiger partial charge is 0.129 e. The van der Waals surface area contributed by atoms with Crippen molar-refractivity contribution in [1.29, 1.82) is 0 Å². The molecule has 1 aromatic heterocycles. The van der Waals surface area contributed by atoms with Crippen LogP contribution < -0.4 is 5.73 Å². The number of pyridine rings is 1. The van der Waals surface area contributed by atoms with Crippen LogP contribution >= 0.6 is 0 Å². The van der Waals surface area contributed by atoms with Crippen LogP contribution in [0.3, 0.4) is 0 Å². The first kappa shape index (κ1) is 11.6. The van der Waals surface area contributed by atoms with Gasteiger partial charge in [-0.3, -0.25) is 0 Å². The van der Waals surface area contributed by atoms with Crippen molar-refractivity contribution in [3.05, 3.63) is 58.8 Å². The van der Waals surface area contributed by atoms with Crippen LogP contribution in [0.1, 0.15) is 28.4 Å². The summed E-state index contributed by atoms with van der Waals surface area (Å²) in [5.41, 5.74) is 9.43. The minimum atomic E-state index is -0.719. The van der Waals surface area contributed by atoms with E-state index in [2.05, 4.69) is 4.98 Å². The molecule has 88 valence electrons. The van der Waals surface area contributed by atoms with Gasteiger partial charge in [-0.05, 0) is 31.0 Å². The topological polar surface area (TPSA) is 59.1 Å². The molecule has 1 aromatic carbocycles. The highest BCUT2D eigenvalue weighted by atomic mass is 16.3. The van der Waals surface area contributed by atoms with Crippen molar-refractivity contribution in [3.63, 3.8) is 0 Å². The van der Waals surface area contributed by atoms with Gasteiger partial charge in [0.1, 0.15) is 11.9 Å². The second kappa shape index (κ2) is 4.55. The third-order valence-corrected chi connectivity index (χ3v) is 2.77. The van der Waals surface area contributed by atoms with Gasteiger partial charge in [-0.2, -0.15) is 0 Å². The lowest BCUT2D eigenvalue weighted by Gasteiger charge is -2.14. The average molecular weight is 228 g/mol. The second-order valence-electron chi connectivity index (χ2n) is 4.30. The summed E-state index contributed by atoms with van der Waals surface area (Å²) in [6.45, 7) is 3.94. The van der Waals surface area contributed by atoms with E-state index in [0.29, 0.717) is 11.4 Å². The zero-order valence-electron chi connectivity index (χ0n) is 10.0. The highest BCUT2D eigenvalue weighted by molar-refractivity contribution is 5.46. The van der Waals surface area contributed by atoms with E-state index >= 15 is 0 Å². The number of anilines is 1. The Labute approximate surface area is 101 Å². The molecule has 0 aliphatic carbocycles. The van der Waals surface area contributed by atoms with Crippen LogP contribution in [0.15, 0.2) is 36.5 Å². The van der Waals surface area contributed by atoms with Gasteiger partial charge in [0.15, 0.2) is 0 Å². The molecule has 1 heterocycles. The maximum atomic E-state index is 10.3. The van der Waals surface area contributed by atoms with Crippen molar-refractivity contribution in [3.8, 4) is 0 Å². The fourth-order valence-corrected chi connectivity index (χ4v) is 1.75. The van der Waals surface area contributed by atoms with Crippen molar-refractivity contribution in [2.75, 3.05) is 5.73 Å². The number of nitrogens with zero attached hydrogens (tertiary/aromatic N) is 1. The molecule has 0 saturated carbocycles. The van der Waals surface area contributed by atoms with Crippen LogP contribution in [-0.2, 0) is 0 Å². The van der Waals surface area contributed by atoms with Crippen LogP contribution in [-0.4, -0.2) is 10.1 Å². The lowest BCUT2D eigenvalue weighted by atomic mass is 10.0. The third-order valence-electron chi connectivity index (χ3n) is 2.77. The molecular weight excluding hydrogens is 212 g/mol. The molecule has 0 aliphatic rings. The van der Waals surface area contributed by atoms with Crippen LogP contribution in [0, 0.1) is 13.8 Å². The Morgan fingerprint density at radius 2 is 1.76 bits per heavy atom. The molecule has 0 aliphatic heterocycles. The van der Waals surface area contributed by atoms with Gasteiger partial charge < -0.3 is 10.8 Å². The lowest BCUT2D eigenvalue weighted by molar-refractivity contribution is 0.220. The minimum absolute atomic E-state index is 0.378. The predicted octanol–water partition coefficient (Wildman–Crippen LogP) is 2.36. The fourth-order valence-electron chi connectivity index (χ4n) is 1.75. The number of aromatic nitrogens is 1. The molecule has 3 nitrogen and oxygen atoms in total. The lowest BCUT2D eigenvalue weighted by Crippen LogP contribution is -2.06. The molecule has 0 saturated heterocycles. The van der Waals surface area contributed by atoms with Gasteiger partial charge >= 0.3 is 0 Å². The molecule has 17 heavy (non-hydrogen) atoms. The molecule has 2 aromatic rings. The number of benzene rings is 1. The monoisotopic (exact) mass is 228 g/mol. The zero-order valence-corrected chi connectivity index (χ0v) is 10.0. The first-order valence-corrected chi connectivity index (χ1v) is 5.54. The fraction of sp³-hybridized carbons (Fsp3) is 0.214. The Balaban J connectivity index is 2.39. The maximum Gasteiger partial charge on any atom is 0.129 e. The van der Waals surface area contributed by atoms with E-state index in [4.69, 9.17) is 5.73 Å². The van der Waals surface area contributed by atoms with Gasteiger partial charge in [-0.25, -0.2) is 4.98 Å². The van der Waals surface area contributed by atoms with Crippen molar-refractivity contribution >= 4 is 5.82 Å². The highest BCUT2D eigenvalue weighted by Crippen LogP contribution is 2.26. The van der Waals surface area contributed by atoms with E-state index in [0.717, 1.165) is 16.7 Å². The Morgan fingerprint density at radius 1 is 1.12 bits per heavy atom. The molecule has 0 radical (unpaired) electrons. The SMILES string of the molecule is Cc1ccc(C(O)c2cc(C)cnc2N)cc1. The minimum Gasteiger partial charge on any atom is -0.384 e. The molecule has 0 spiro atoms. The summed E-state index contributed by atoms with van der Waals surface area (Å²) in [4.78, 5) is 4.06. The van der Waals surface area contributed by atoms with E-state index in [-0.39, 0.29) is 0 Å². The second-order valence-corrected chi connectivity index (χ2v) is 4.30. The summed E-state index contributed by atoms with van der Waals surface area (Å²) < 4.78 is 0. The Bertz CT molecular complexity index is 520. The Morgan fingerprint density at radius 3 is 2.41 bits per heavy atom. The number of hydrogen-bond acceptors (Lipinski definition) is 3. The van der Waals surface area contributed by atoms with Crippen molar-refractivity contribution in [2.24, 2.45) is 0 Å². The van der Waals surface area contributed by atoms with E-state index < -0.39 is 6.10 Å². The van der Waals surface area contributed by atoms with Gasteiger partial charge in [0.05, 0.1) is 0 Å². The number of aliphatic hydroxyl groups excluding tert-OH is 1. The molecule has 3 N–H and O–H groups in total. The Hall–Kier alpha value is -1.87. The van der Waals surface area contributed by atoms with E-state index in [1.54, 1.807) is 6.20 Å². The van der Waals surface area contributed by atoms with Gasteiger partial charge in [0, 0.05) is 11.8 Å². The van der Waals surface area contributed by atoms with Crippen LogP contribution in [0.2, 0.25) is 0 Å². The van der Waals surface area contributed by atoms with Crippen LogP contribution in [0.4, 0.5) is 5.82 Å². The quantitative estimate of drug-likeness (QED) is 0.829. The number of nitrogen functional groups attached to an aromatic ring is 1. The summed E-state index contributed by atoms with van der Waals surface area (Å²) in [5, 5.41) is 10.3. The summed E-state index contributed by atoms with van der Waals surface area (Å²) in [5.74, 6) is 0.378. The van der Waals surface area contributed by atoms with E-state index in [1.807, 2.05) is 44.2 Å². The predicted molar refractivity (Wildman–Crippen MR) is 68.6 cm³/mol. The van der Waals surface area contributed by atoms with Crippen LogP contribution in [0.25, 0.3) is 0 Å².